The second-order valence-corrected chi connectivity index (χ2v) is 5.64. The molecule has 0 aromatic rings. The minimum absolute atomic E-state index is 0.175. The van der Waals surface area contributed by atoms with Crippen LogP contribution in [0.4, 0.5) is 13.2 Å². The Balaban J connectivity index is 2.91. The van der Waals surface area contributed by atoms with Gasteiger partial charge in [-0.2, -0.15) is 24.9 Å². The normalized spacial score (nSPS) is 26.1. The summed E-state index contributed by atoms with van der Waals surface area (Å²) < 4.78 is 39.5. The number of rotatable bonds is 4. The first kappa shape index (κ1) is 15.6. The SMILES string of the molecule is CSCC(C)N(C)C(=O)C1(C(F)(F)F)CCNC1. The topological polar surface area (TPSA) is 32.3 Å². The zero-order valence-electron chi connectivity index (χ0n) is 10.8. The van der Waals surface area contributed by atoms with Gasteiger partial charge in [0.15, 0.2) is 5.41 Å². The van der Waals surface area contributed by atoms with Crippen LogP contribution in [0.3, 0.4) is 0 Å². The van der Waals surface area contributed by atoms with Crippen molar-refractivity contribution in [1.29, 1.82) is 0 Å². The molecule has 0 aromatic heterocycles. The molecule has 1 aliphatic heterocycles. The fourth-order valence-electron chi connectivity index (χ4n) is 2.13. The lowest BCUT2D eigenvalue weighted by Gasteiger charge is -2.36. The van der Waals surface area contributed by atoms with E-state index in [1.54, 1.807) is 6.92 Å². The zero-order chi connectivity index (χ0) is 14.0. The van der Waals surface area contributed by atoms with Gasteiger partial charge in [0.25, 0.3) is 0 Å². The number of carbonyl (C=O) groups excluding carboxylic acids is 1. The van der Waals surface area contributed by atoms with Crippen molar-refractivity contribution in [2.45, 2.75) is 25.6 Å². The highest BCUT2D eigenvalue weighted by Crippen LogP contribution is 2.44. The molecule has 1 amide bonds. The van der Waals surface area contributed by atoms with E-state index >= 15 is 0 Å². The van der Waals surface area contributed by atoms with Crippen molar-refractivity contribution >= 4 is 17.7 Å². The number of nitrogens with zero attached hydrogens (tertiary/aromatic N) is 1. The molecular formula is C11H19F3N2OS. The first-order valence-electron chi connectivity index (χ1n) is 5.80. The third-order valence-corrected chi connectivity index (χ3v) is 4.31. The second kappa shape index (κ2) is 5.69. The molecule has 106 valence electrons. The van der Waals surface area contributed by atoms with Crippen LogP contribution in [0.25, 0.3) is 0 Å². The summed E-state index contributed by atoms with van der Waals surface area (Å²) in [6.45, 7) is 1.68. The summed E-state index contributed by atoms with van der Waals surface area (Å²) in [7, 11) is 1.45. The molecule has 1 N–H and O–H groups in total. The summed E-state index contributed by atoms with van der Waals surface area (Å²) in [5.41, 5.74) is -2.24. The molecule has 1 fully saturated rings. The van der Waals surface area contributed by atoms with E-state index in [-0.39, 0.29) is 25.6 Å². The Labute approximate surface area is 109 Å². The Morgan fingerprint density at radius 2 is 2.17 bits per heavy atom. The summed E-state index contributed by atoms with van der Waals surface area (Å²) in [5.74, 6) is -0.189. The Morgan fingerprint density at radius 3 is 2.56 bits per heavy atom. The van der Waals surface area contributed by atoms with E-state index in [1.165, 1.54) is 23.7 Å². The van der Waals surface area contributed by atoms with Crippen LogP contribution in [0.5, 0.6) is 0 Å². The number of carbonyl (C=O) groups is 1. The van der Waals surface area contributed by atoms with Crippen molar-refractivity contribution < 1.29 is 18.0 Å². The van der Waals surface area contributed by atoms with Gasteiger partial charge in [-0.15, -0.1) is 0 Å². The monoisotopic (exact) mass is 284 g/mol. The Hall–Kier alpha value is -0.430. The second-order valence-electron chi connectivity index (χ2n) is 4.73. The first-order chi connectivity index (χ1) is 8.26. The predicted molar refractivity (Wildman–Crippen MR) is 66.6 cm³/mol. The molecule has 0 saturated carbocycles. The van der Waals surface area contributed by atoms with Gasteiger partial charge < -0.3 is 10.2 Å². The van der Waals surface area contributed by atoms with Crippen LogP contribution in [0.15, 0.2) is 0 Å². The lowest BCUT2D eigenvalue weighted by Crippen LogP contribution is -2.54. The number of alkyl halides is 3. The zero-order valence-corrected chi connectivity index (χ0v) is 11.6. The highest BCUT2D eigenvalue weighted by molar-refractivity contribution is 7.98. The molecule has 0 aliphatic carbocycles. The van der Waals surface area contributed by atoms with E-state index in [9.17, 15) is 18.0 Å². The molecule has 2 unspecified atom stereocenters. The van der Waals surface area contributed by atoms with E-state index in [4.69, 9.17) is 0 Å². The van der Waals surface area contributed by atoms with Crippen molar-refractivity contribution in [3.05, 3.63) is 0 Å². The van der Waals surface area contributed by atoms with Gasteiger partial charge >= 0.3 is 6.18 Å². The van der Waals surface area contributed by atoms with Gasteiger partial charge in [0, 0.05) is 25.4 Å². The van der Waals surface area contributed by atoms with Gasteiger partial charge in [0.2, 0.25) is 5.91 Å². The number of hydrogen-bond acceptors (Lipinski definition) is 3. The number of hydrogen-bond donors (Lipinski definition) is 1. The van der Waals surface area contributed by atoms with Gasteiger partial charge in [-0.1, -0.05) is 0 Å². The number of nitrogens with one attached hydrogen (secondary N) is 1. The van der Waals surface area contributed by atoms with Gasteiger partial charge in [-0.3, -0.25) is 4.79 Å². The summed E-state index contributed by atoms with van der Waals surface area (Å²) in [6, 6.07) is -0.202. The summed E-state index contributed by atoms with van der Waals surface area (Å²) in [6.07, 6.45) is -2.81. The van der Waals surface area contributed by atoms with E-state index in [1.807, 2.05) is 6.26 Å². The van der Waals surface area contributed by atoms with Crippen LogP contribution >= 0.6 is 11.8 Å². The molecule has 0 bridgehead atoms. The molecular weight excluding hydrogens is 265 g/mol. The molecule has 0 radical (unpaired) electrons. The van der Waals surface area contributed by atoms with Crippen LogP contribution in [-0.4, -0.2) is 55.2 Å². The molecule has 1 aliphatic rings. The Morgan fingerprint density at radius 1 is 1.56 bits per heavy atom. The molecule has 18 heavy (non-hydrogen) atoms. The molecule has 1 heterocycles. The van der Waals surface area contributed by atoms with Gasteiger partial charge in [0.1, 0.15) is 0 Å². The van der Waals surface area contributed by atoms with Crippen molar-refractivity contribution in [2.75, 3.05) is 32.1 Å². The van der Waals surface area contributed by atoms with Crippen LogP contribution in [-0.2, 0) is 4.79 Å². The lowest BCUT2D eigenvalue weighted by molar-refractivity contribution is -0.221. The van der Waals surface area contributed by atoms with Gasteiger partial charge in [-0.05, 0) is 26.1 Å². The number of amides is 1. The van der Waals surface area contributed by atoms with Crippen LogP contribution in [0.2, 0.25) is 0 Å². The number of halogens is 3. The maximum Gasteiger partial charge on any atom is 0.404 e. The van der Waals surface area contributed by atoms with E-state index in [2.05, 4.69) is 5.32 Å². The highest BCUT2D eigenvalue weighted by Gasteiger charge is 2.62. The van der Waals surface area contributed by atoms with Crippen molar-refractivity contribution in [3.63, 3.8) is 0 Å². The minimum Gasteiger partial charge on any atom is -0.341 e. The molecule has 7 heteroatoms. The molecule has 1 rings (SSSR count). The smallest absolute Gasteiger partial charge is 0.341 e. The van der Waals surface area contributed by atoms with Crippen molar-refractivity contribution in [1.82, 2.24) is 10.2 Å². The fraction of sp³-hybridized carbons (Fsp3) is 0.909. The highest BCUT2D eigenvalue weighted by atomic mass is 32.2. The largest absolute Gasteiger partial charge is 0.404 e. The molecule has 3 nitrogen and oxygen atoms in total. The Kier molecular flexibility index (Phi) is 4.94. The summed E-state index contributed by atoms with van der Waals surface area (Å²) in [5, 5.41) is 2.65. The van der Waals surface area contributed by atoms with Crippen LogP contribution in [0, 0.1) is 5.41 Å². The van der Waals surface area contributed by atoms with Gasteiger partial charge in [0.05, 0.1) is 0 Å². The van der Waals surface area contributed by atoms with E-state index in [0.717, 1.165) is 0 Å². The van der Waals surface area contributed by atoms with E-state index < -0.39 is 17.5 Å². The molecule has 0 spiro atoms. The quantitative estimate of drug-likeness (QED) is 0.853. The van der Waals surface area contributed by atoms with Crippen molar-refractivity contribution in [2.24, 2.45) is 5.41 Å². The predicted octanol–water partition coefficient (Wildman–Crippen LogP) is 1.74. The van der Waals surface area contributed by atoms with E-state index in [0.29, 0.717) is 5.75 Å². The maximum atomic E-state index is 13.2. The average molecular weight is 284 g/mol. The lowest BCUT2D eigenvalue weighted by atomic mass is 9.84. The van der Waals surface area contributed by atoms with Crippen molar-refractivity contribution in [3.8, 4) is 0 Å². The molecule has 1 saturated heterocycles. The maximum absolute atomic E-state index is 13.2. The summed E-state index contributed by atoms with van der Waals surface area (Å²) in [4.78, 5) is 13.4. The minimum atomic E-state index is -4.50. The fourth-order valence-corrected chi connectivity index (χ4v) is 2.83. The van der Waals surface area contributed by atoms with Gasteiger partial charge in [-0.25, -0.2) is 0 Å². The van der Waals surface area contributed by atoms with Crippen LogP contribution in [0.1, 0.15) is 13.3 Å². The molecule has 0 aromatic carbocycles. The number of thioether (sulfide) groups is 1. The molecule has 2 atom stereocenters. The third-order valence-electron chi connectivity index (χ3n) is 3.50. The average Bonchev–Trinajstić information content (AvgIpc) is 2.76. The summed E-state index contributed by atoms with van der Waals surface area (Å²) >= 11 is 1.51. The standard InChI is InChI=1S/C11H19F3N2OS/c1-8(6-18-3)16(2)9(17)10(11(12,13)14)4-5-15-7-10/h8,15H,4-7H2,1-3H3. The third kappa shape index (κ3) is 2.77. The van der Waals surface area contributed by atoms with Crippen LogP contribution < -0.4 is 5.32 Å². The first-order valence-corrected chi connectivity index (χ1v) is 7.19. The Bertz CT molecular complexity index is 303.